The van der Waals surface area contributed by atoms with Gasteiger partial charge in [-0.25, -0.2) is 4.79 Å². The highest BCUT2D eigenvalue weighted by molar-refractivity contribution is 6.00. The van der Waals surface area contributed by atoms with Crippen LogP contribution in [0, 0.1) is 6.92 Å². The summed E-state index contributed by atoms with van der Waals surface area (Å²) in [6, 6.07) is 26.1. The molecule has 160 valence electrons. The van der Waals surface area contributed by atoms with E-state index in [1.54, 1.807) is 0 Å². The van der Waals surface area contributed by atoms with Crippen LogP contribution in [0.3, 0.4) is 0 Å². The topological polar surface area (TPSA) is 61.4 Å². The zero-order valence-corrected chi connectivity index (χ0v) is 18.0. The first-order valence-corrected chi connectivity index (χ1v) is 10.9. The van der Waals surface area contributed by atoms with E-state index in [-0.39, 0.29) is 6.03 Å². The molecule has 2 heterocycles. The summed E-state index contributed by atoms with van der Waals surface area (Å²) in [5.41, 5.74) is 3.98. The fourth-order valence-corrected chi connectivity index (χ4v) is 4.09. The summed E-state index contributed by atoms with van der Waals surface area (Å²) in [6.45, 7) is 4.77. The number of hydrogen-bond acceptors (Lipinski definition) is 4. The third kappa shape index (κ3) is 3.99. The number of hydrogen-bond donors (Lipinski definition) is 1. The van der Waals surface area contributed by atoms with Crippen LogP contribution in [0.4, 0.5) is 16.3 Å². The molecule has 4 aromatic rings. The average molecular weight is 424 g/mol. The van der Waals surface area contributed by atoms with Gasteiger partial charge in [-0.2, -0.15) is 0 Å². The van der Waals surface area contributed by atoms with Crippen molar-refractivity contribution in [1.82, 2.24) is 15.1 Å². The van der Waals surface area contributed by atoms with Crippen LogP contribution < -0.4 is 10.2 Å². The minimum atomic E-state index is -0.0680. The number of nitrogens with one attached hydrogen (secondary N) is 1. The third-order valence-corrected chi connectivity index (χ3v) is 5.88. The number of aryl methyl sites for hydroxylation is 1. The van der Waals surface area contributed by atoms with Crippen LogP contribution in [0.5, 0.6) is 0 Å². The highest BCUT2D eigenvalue weighted by Crippen LogP contribution is 2.31. The van der Waals surface area contributed by atoms with Crippen LogP contribution in [0.1, 0.15) is 5.56 Å². The van der Waals surface area contributed by atoms with Crippen molar-refractivity contribution in [3.63, 3.8) is 0 Å². The molecule has 1 saturated heterocycles. The molecular formula is C26H25N5O. The molecule has 0 bridgehead atoms. The second kappa shape index (κ2) is 8.67. The maximum Gasteiger partial charge on any atom is 0.321 e. The van der Waals surface area contributed by atoms with Crippen molar-refractivity contribution in [2.24, 2.45) is 0 Å². The fraction of sp³-hybridized carbons (Fsp3) is 0.192. The molecule has 5 rings (SSSR count). The summed E-state index contributed by atoms with van der Waals surface area (Å²) in [4.78, 5) is 16.7. The van der Waals surface area contributed by atoms with Gasteiger partial charge in [-0.3, -0.25) is 0 Å². The second-order valence-corrected chi connectivity index (χ2v) is 8.05. The van der Waals surface area contributed by atoms with Gasteiger partial charge in [0.2, 0.25) is 0 Å². The third-order valence-electron chi connectivity index (χ3n) is 5.88. The Labute approximate surface area is 187 Å². The number of nitrogens with zero attached hydrogens (tertiary/aromatic N) is 4. The summed E-state index contributed by atoms with van der Waals surface area (Å²) < 4.78 is 0. The molecule has 0 radical (unpaired) electrons. The van der Waals surface area contributed by atoms with Crippen molar-refractivity contribution in [2.45, 2.75) is 6.92 Å². The molecule has 32 heavy (non-hydrogen) atoms. The van der Waals surface area contributed by atoms with Crippen LogP contribution in [0.2, 0.25) is 0 Å². The Morgan fingerprint density at radius 1 is 0.781 bits per heavy atom. The van der Waals surface area contributed by atoms with Crippen molar-refractivity contribution in [1.29, 1.82) is 0 Å². The van der Waals surface area contributed by atoms with Crippen molar-refractivity contribution in [2.75, 3.05) is 36.4 Å². The van der Waals surface area contributed by atoms with Crippen molar-refractivity contribution in [3.05, 3.63) is 84.4 Å². The predicted octanol–water partition coefficient (Wildman–Crippen LogP) is 4.96. The van der Waals surface area contributed by atoms with Gasteiger partial charge in [0.25, 0.3) is 0 Å². The molecule has 6 nitrogen and oxygen atoms in total. The van der Waals surface area contributed by atoms with Gasteiger partial charge in [-0.05, 0) is 19.1 Å². The first kappa shape index (κ1) is 20.0. The Morgan fingerprint density at radius 2 is 1.44 bits per heavy atom. The molecule has 1 aliphatic rings. The molecule has 0 unspecified atom stereocenters. The number of aromatic nitrogens is 2. The molecule has 0 saturated carbocycles. The number of rotatable bonds is 3. The standard InChI is InChI=1S/C26H25N5O/c1-19-11-13-20(14-12-19)24-22-9-5-6-10-23(22)25(29-28-24)30-15-17-31(18-16-30)26(32)27-21-7-3-2-4-8-21/h2-14H,15-18H2,1H3,(H,27,32). The van der Waals surface area contributed by atoms with Crippen LogP contribution >= 0.6 is 0 Å². The van der Waals surface area contributed by atoms with Gasteiger partial charge in [-0.15, -0.1) is 10.2 Å². The zero-order chi connectivity index (χ0) is 21.9. The average Bonchev–Trinajstić information content (AvgIpc) is 2.85. The minimum absolute atomic E-state index is 0.0680. The number of urea groups is 1. The SMILES string of the molecule is Cc1ccc(-c2nnc(N3CCN(C(=O)Nc4ccccc4)CC3)c3ccccc23)cc1. The molecule has 1 fully saturated rings. The Morgan fingerprint density at radius 3 is 2.16 bits per heavy atom. The van der Waals surface area contributed by atoms with E-state index >= 15 is 0 Å². The van der Waals surface area contributed by atoms with Crippen LogP contribution in [0.25, 0.3) is 22.0 Å². The normalized spacial score (nSPS) is 13.9. The summed E-state index contributed by atoms with van der Waals surface area (Å²) >= 11 is 0. The largest absolute Gasteiger partial charge is 0.351 e. The smallest absolute Gasteiger partial charge is 0.321 e. The molecule has 1 N–H and O–H groups in total. The minimum Gasteiger partial charge on any atom is -0.351 e. The lowest BCUT2D eigenvalue weighted by Gasteiger charge is -2.35. The maximum absolute atomic E-state index is 12.6. The van der Waals surface area contributed by atoms with Gasteiger partial charge >= 0.3 is 6.03 Å². The van der Waals surface area contributed by atoms with Crippen molar-refractivity contribution >= 4 is 28.3 Å². The first-order valence-electron chi connectivity index (χ1n) is 10.9. The van der Waals surface area contributed by atoms with E-state index in [0.717, 1.165) is 33.5 Å². The number of para-hydroxylation sites is 1. The first-order chi connectivity index (χ1) is 15.7. The zero-order valence-electron chi connectivity index (χ0n) is 18.0. The molecule has 6 heteroatoms. The maximum atomic E-state index is 12.6. The number of anilines is 2. The Balaban J connectivity index is 1.35. The molecule has 1 aliphatic heterocycles. The molecular weight excluding hydrogens is 398 g/mol. The Kier molecular flexibility index (Phi) is 5.42. The quantitative estimate of drug-likeness (QED) is 0.506. The van der Waals surface area contributed by atoms with E-state index < -0.39 is 0 Å². The summed E-state index contributed by atoms with van der Waals surface area (Å²) in [5, 5.41) is 14.4. The Hall–Kier alpha value is -3.93. The van der Waals surface area contributed by atoms with Gasteiger partial charge in [0.1, 0.15) is 5.69 Å². The van der Waals surface area contributed by atoms with Gasteiger partial charge < -0.3 is 15.1 Å². The predicted molar refractivity (Wildman–Crippen MR) is 129 cm³/mol. The monoisotopic (exact) mass is 423 g/mol. The molecule has 0 atom stereocenters. The number of carbonyl (C=O) groups is 1. The fourth-order valence-electron chi connectivity index (χ4n) is 4.09. The van der Waals surface area contributed by atoms with E-state index in [4.69, 9.17) is 0 Å². The number of amides is 2. The van der Waals surface area contributed by atoms with Gasteiger partial charge in [0.15, 0.2) is 5.82 Å². The van der Waals surface area contributed by atoms with E-state index in [1.807, 2.05) is 47.4 Å². The van der Waals surface area contributed by atoms with Gasteiger partial charge in [0, 0.05) is 48.2 Å². The number of carbonyl (C=O) groups excluding carboxylic acids is 1. The second-order valence-electron chi connectivity index (χ2n) is 8.05. The molecule has 0 aliphatic carbocycles. The highest BCUT2D eigenvalue weighted by atomic mass is 16.2. The molecule has 3 aromatic carbocycles. The Bertz CT molecular complexity index is 1230. The number of piperazine rings is 1. The van der Waals surface area contributed by atoms with Crippen LogP contribution in [-0.2, 0) is 0 Å². The molecule has 2 amide bonds. The summed E-state index contributed by atoms with van der Waals surface area (Å²) in [5.74, 6) is 0.875. The van der Waals surface area contributed by atoms with Crippen molar-refractivity contribution < 1.29 is 4.79 Å². The van der Waals surface area contributed by atoms with E-state index in [0.29, 0.717) is 26.2 Å². The van der Waals surface area contributed by atoms with Crippen LogP contribution in [-0.4, -0.2) is 47.3 Å². The summed E-state index contributed by atoms with van der Waals surface area (Å²) in [6.07, 6.45) is 0. The number of benzene rings is 3. The van der Waals surface area contributed by atoms with Crippen LogP contribution in [0.15, 0.2) is 78.9 Å². The molecule has 1 aromatic heterocycles. The van der Waals surface area contributed by atoms with Gasteiger partial charge in [0.05, 0.1) is 0 Å². The van der Waals surface area contributed by atoms with E-state index in [2.05, 4.69) is 63.7 Å². The van der Waals surface area contributed by atoms with E-state index in [9.17, 15) is 4.79 Å². The lowest BCUT2D eigenvalue weighted by Crippen LogP contribution is -2.50. The lowest BCUT2D eigenvalue weighted by atomic mass is 10.0. The van der Waals surface area contributed by atoms with E-state index in [1.165, 1.54) is 5.56 Å². The lowest BCUT2D eigenvalue weighted by molar-refractivity contribution is 0.208. The number of fused-ring (bicyclic) bond motifs is 1. The summed E-state index contributed by atoms with van der Waals surface area (Å²) in [7, 11) is 0. The highest BCUT2D eigenvalue weighted by Gasteiger charge is 2.24. The van der Waals surface area contributed by atoms with Crippen molar-refractivity contribution in [3.8, 4) is 11.3 Å². The van der Waals surface area contributed by atoms with Gasteiger partial charge in [-0.1, -0.05) is 72.3 Å². The molecule has 0 spiro atoms.